The molecule has 1 aliphatic carbocycles. The standard InChI is InChI=1S/C20H24N4O2/c25-19-16-8-4-5-9-17(16)21-18(22-19)14-23-10-12-24(13-11-23)20(26)15-6-2-1-3-7-15/h1-2,4-5,8-9,15H,3,6-7,10-14H2,(H,21,22,25)/t15-/m1/s1. The Kier molecular flexibility index (Phi) is 4.84. The predicted molar refractivity (Wildman–Crippen MR) is 101 cm³/mol. The highest BCUT2D eigenvalue weighted by Gasteiger charge is 2.27. The lowest BCUT2D eigenvalue weighted by Crippen LogP contribution is -2.50. The van der Waals surface area contributed by atoms with Crippen LogP contribution in [0.25, 0.3) is 10.9 Å². The molecule has 0 saturated carbocycles. The van der Waals surface area contributed by atoms with E-state index in [2.05, 4.69) is 27.0 Å². The molecule has 26 heavy (non-hydrogen) atoms. The number of carbonyl (C=O) groups excluding carboxylic acids is 1. The maximum absolute atomic E-state index is 12.6. The van der Waals surface area contributed by atoms with Crippen LogP contribution in [-0.4, -0.2) is 51.9 Å². The third kappa shape index (κ3) is 3.55. The molecule has 6 heteroatoms. The summed E-state index contributed by atoms with van der Waals surface area (Å²) in [5.41, 5.74) is 0.634. The van der Waals surface area contributed by atoms with E-state index in [0.29, 0.717) is 23.7 Å². The summed E-state index contributed by atoms with van der Waals surface area (Å²) in [6.45, 7) is 3.72. The van der Waals surface area contributed by atoms with E-state index in [-0.39, 0.29) is 11.5 Å². The van der Waals surface area contributed by atoms with Gasteiger partial charge < -0.3 is 9.88 Å². The number of rotatable bonds is 3. The summed E-state index contributed by atoms with van der Waals surface area (Å²) >= 11 is 0. The molecule has 1 aliphatic heterocycles. The van der Waals surface area contributed by atoms with E-state index in [4.69, 9.17) is 0 Å². The first-order chi connectivity index (χ1) is 12.7. The van der Waals surface area contributed by atoms with E-state index in [1.54, 1.807) is 6.07 Å². The van der Waals surface area contributed by atoms with Crippen molar-refractivity contribution in [3.63, 3.8) is 0 Å². The summed E-state index contributed by atoms with van der Waals surface area (Å²) in [6, 6.07) is 7.39. The number of nitrogens with zero attached hydrogens (tertiary/aromatic N) is 3. The Labute approximate surface area is 152 Å². The van der Waals surface area contributed by atoms with Gasteiger partial charge in [-0.3, -0.25) is 14.5 Å². The zero-order valence-electron chi connectivity index (χ0n) is 14.9. The number of benzene rings is 1. The van der Waals surface area contributed by atoms with Gasteiger partial charge in [0.2, 0.25) is 5.91 Å². The van der Waals surface area contributed by atoms with E-state index in [1.807, 2.05) is 23.1 Å². The molecule has 6 nitrogen and oxygen atoms in total. The molecule has 1 saturated heterocycles. The maximum Gasteiger partial charge on any atom is 0.258 e. The summed E-state index contributed by atoms with van der Waals surface area (Å²) in [7, 11) is 0. The molecule has 2 aromatic rings. The first-order valence-electron chi connectivity index (χ1n) is 9.35. The summed E-state index contributed by atoms with van der Waals surface area (Å²) in [5, 5.41) is 0.619. The lowest BCUT2D eigenvalue weighted by molar-refractivity contribution is -0.137. The van der Waals surface area contributed by atoms with Crippen molar-refractivity contribution in [1.29, 1.82) is 0 Å². The van der Waals surface area contributed by atoms with Crippen LogP contribution >= 0.6 is 0 Å². The quantitative estimate of drug-likeness (QED) is 0.857. The number of allylic oxidation sites excluding steroid dienone is 2. The van der Waals surface area contributed by atoms with Crippen LogP contribution in [0.15, 0.2) is 41.2 Å². The smallest absolute Gasteiger partial charge is 0.258 e. The van der Waals surface area contributed by atoms with Gasteiger partial charge in [0, 0.05) is 32.1 Å². The van der Waals surface area contributed by atoms with E-state index in [0.717, 1.165) is 51.0 Å². The van der Waals surface area contributed by atoms with Gasteiger partial charge in [-0.25, -0.2) is 4.98 Å². The van der Waals surface area contributed by atoms with Crippen LogP contribution in [-0.2, 0) is 11.3 Å². The molecule has 1 fully saturated rings. The lowest BCUT2D eigenvalue weighted by atomic mass is 9.93. The molecule has 1 atom stereocenters. The Morgan fingerprint density at radius 3 is 2.73 bits per heavy atom. The number of amides is 1. The average Bonchev–Trinajstić information content (AvgIpc) is 2.69. The Morgan fingerprint density at radius 2 is 1.96 bits per heavy atom. The summed E-state index contributed by atoms with van der Waals surface area (Å²) in [4.78, 5) is 36.5. The van der Waals surface area contributed by atoms with Crippen molar-refractivity contribution < 1.29 is 4.79 Å². The van der Waals surface area contributed by atoms with Gasteiger partial charge in [-0.15, -0.1) is 0 Å². The summed E-state index contributed by atoms with van der Waals surface area (Å²) in [5.74, 6) is 1.14. The number of fused-ring (bicyclic) bond motifs is 1. The molecular weight excluding hydrogens is 328 g/mol. The van der Waals surface area contributed by atoms with E-state index >= 15 is 0 Å². The van der Waals surface area contributed by atoms with Gasteiger partial charge in [-0.05, 0) is 31.4 Å². The number of aromatic amines is 1. The van der Waals surface area contributed by atoms with Gasteiger partial charge >= 0.3 is 0 Å². The normalized spacial score (nSPS) is 21.2. The number of nitrogens with one attached hydrogen (secondary N) is 1. The highest BCUT2D eigenvalue weighted by molar-refractivity contribution is 5.79. The highest BCUT2D eigenvalue weighted by atomic mass is 16.2. The van der Waals surface area contributed by atoms with Crippen molar-refractivity contribution in [2.45, 2.75) is 25.8 Å². The fourth-order valence-electron chi connectivity index (χ4n) is 3.82. The zero-order valence-corrected chi connectivity index (χ0v) is 14.9. The maximum atomic E-state index is 12.6. The average molecular weight is 352 g/mol. The monoisotopic (exact) mass is 352 g/mol. The molecule has 1 aromatic heterocycles. The second-order valence-corrected chi connectivity index (χ2v) is 7.11. The van der Waals surface area contributed by atoms with E-state index < -0.39 is 0 Å². The van der Waals surface area contributed by atoms with Crippen LogP contribution < -0.4 is 5.56 Å². The largest absolute Gasteiger partial charge is 0.340 e. The van der Waals surface area contributed by atoms with Crippen LogP contribution in [0, 0.1) is 5.92 Å². The highest BCUT2D eigenvalue weighted by Crippen LogP contribution is 2.21. The third-order valence-electron chi connectivity index (χ3n) is 5.34. The van der Waals surface area contributed by atoms with Crippen molar-refractivity contribution in [1.82, 2.24) is 19.8 Å². The van der Waals surface area contributed by atoms with Gasteiger partial charge in [0.1, 0.15) is 5.82 Å². The molecule has 0 bridgehead atoms. The topological polar surface area (TPSA) is 69.3 Å². The van der Waals surface area contributed by atoms with Gasteiger partial charge in [0.05, 0.1) is 17.4 Å². The van der Waals surface area contributed by atoms with Crippen molar-refractivity contribution in [3.8, 4) is 0 Å². The minimum Gasteiger partial charge on any atom is -0.340 e. The van der Waals surface area contributed by atoms with Crippen LogP contribution in [0.1, 0.15) is 25.1 Å². The fraction of sp³-hybridized carbons (Fsp3) is 0.450. The van der Waals surface area contributed by atoms with Crippen LogP contribution in [0.4, 0.5) is 0 Å². The molecule has 1 amide bonds. The van der Waals surface area contributed by atoms with Gasteiger partial charge in [0.15, 0.2) is 0 Å². The van der Waals surface area contributed by atoms with Gasteiger partial charge in [-0.2, -0.15) is 0 Å². The second-order valence-electron chi connectivity index (χ2n) is 7.11. The number of piperazine rings is 1. The van der Waals surface area contributed by atoms with Gasteiger partial charge in [-0.1, -0.05) is 24.3 Å². The molecule has 0 radical (unpaired) electrons. The molecular formula is C20H24N4O2. The lowest BCUT2D eigenvalue weighted by Gasteiger charge is -2.36. The van der Waals surface area contributed by atoms with Crippen molar-refractivity contribution >= 4 is 16.8 Å². The number of H-pyrrole nitrogens is 1. The number of hydrogen-bond donors (Lipinski definition) is 1. The van der Waals surface area contributed by atoms with Crippen LogP contribution in [0.5, 0.6) is 0 Å². The molecule has 136 valence electrons. The summed E-state index contributed by atoms with van der Waals surface area (Å²) in [6.07, 6.45) is 7.15. The van der Waals surface area contributed by atoms with E-state index in [9.17, 15) is 9.59 Å². The molecule has 0 unspecified atom stereocenters. The van der Waals surface area contributed by atoms with Crippen molar-refractivity contribution in [2.75, 3.05) is 26.2 Å². The Hall–Kier alpha value is -2.47. The first-order valence-corrected chi connectivity index (χ1v) is 9.35. The zero-order chi connectivity index (χ0) is 17.9. The Balaban J connectivity index is 1.37. The van der Waals surface area contributed by atoms with E-state index in [1.165, 1.54) is 0 Å². The Bertz CT molecular complexity index is 881. The third-order valence-corrected chi connectivity index (χ3v) is 5.34. The number of para-hydroxylation sites is 1. The Morgan fingerprint density at radius 1 is 1.15 bits per heavy atom. The molecule has 1 aromatic carbocycles. The SMILES string of the molecule is O=C([C@@H]1CC=CCC1)N1CCN(Cc2nc3ccccc3c(=O)[nH]2)CC1. The molecule has 4 rings (SSSR count). The van der Waals surface area contributed by atoms with Crippen LogP contribution in [0.2, 0.25) is 0 Å². The minimum atomic E-state index is -0.0928. The van der Waals surface area contributed by atoms with Crippen molar-refractivity contribution in [3.05, 3.63) is 52.6 Å². The number of aromatic nitrogens is 2. The number of carbonyl (C=O) groups is 1. The molecule has 0 spiro atoms. The second kappa shape index (κ2) is 7.41. The van der Waals surface area contributed by atoms with Crippen molar-refractivity contribution in [2.24, 2.45) is 5.92 Å². The minimum absolute atomic E-state index is 0.0928. The molecule has 2 heterocycles. The van der Waals surface area contributed by atoms with Gasteiger partial charge in [0.25, 0.3) is 5.56 Å². The number of hydrogen-bond acceptors (Lipinski definition) is 4. The fourth-order valence-corrected chi connectivity index (χ4v) is 3.82. The summed E-state index contributed by atoms with van der Waals surface area (Å²) < 4.78 is 0. The molecule has 1 N–H and O–H groups in total. The first kappa shape index (κ1) is 17.0. The van der Waals surface area contributed by atoms with Crippen LogP contribution in [0.3, 0.4) is 0 Å². The predicted octanol–water partition coefficient (Wildman–Crippen LogP) is 1.92. The molecule has 2 aliphatic rings.